The number of halogens is 1. The molecule has 0 atom stereocenters. The molecule has 4 rings (SSSR count). The molecule has 0 unspecified atom stereocenters. The van der Waals surface area contributed by atoms with Crippen molar-refractivity contribution in [1.29, 1.82) is 0 Å². The van der Waals surface area contributed by atoms with Crippen molar-refractivity contribution in [2.75, 3.05) is 0 Å². The van der Waals surface area contributed by atoms with Gasteiger partial charge in [-0.05, 0) is 49.8 Å². The molecule has 20 heavy (non-hydrogen) atoms. The molecule has 2 aliphatic rings. The zero-order valence-electron chi connectivity index (χ0n) is 11.1. The SMILES string of the molecule is [C-]#[N+]c1c(-c2cccc(F)c2)nn2c1CCCC21CC1. The third-order valence-corrected chi connectivity index (χ3v) is 4.50. The van der Waals surface area contributed by atoms with Gasteiger partial charge in [0, 0.05) is 5.69 Å². The minimum atomic E-state index is -0.287. The number of rotatable bonds is 1. The van der Waals surface area contributed by atoms with Crippen molar-refractivity contribution in [3.05, 3.63) is 47.2 Å². The Labute approximate surface area is 116 Å². The number of hydrogen-bond acceptors (Lipinski definition) is 1. The van der Waals surface area contributed by atoms with Crippen LogP contribution in [0, 0.1) is 12.4 Å². The van der Waals surface area contributed by atoms with Gasteiger partial charge in [-0.3, -0.25) is 4.68 Å². The topological polar surface area (TPSA) is 22.2 Å². The van der Waals surface area contributed by atoms with Crippen molar-refractivity contribution in [2.45, 2.75) is 37.6 Å². The molecule has 1 aliphatic carbocycles. The minimum absolute atomic E-state index is 0.165. The van der Waals surface area contributed by atoms with Crippen LogP contribution in [-0.2, 0) is 12.0 Å². The Morgan fingerprint density at radius 3 is 2.85 bits per heavy atom. The Kier molecular flexibility index (Phi) is 2.29. The average Bonchev–Trinajstić information content (AvgIpc) is 3.11. The van der Waals surface area contributed by atoms with Crippen molar-refractivity contribution in [3.63, 3.8) is 0 Å². The van der Waals surface area contributed by atoms with E-state index in [4.69, 9.17) is 6.57 Å². The van der Waals surface area contributed by atoms with Crippen LogP contribution in [0.5, 0.6) is 0 Å². The van der Waals surface area contributed by atoms with Gasteiger partial charge in [-0.2, -0.15) is 5.10 Å². The normalized spacial score (nSPS) is 18.6. The number of fused-ring (bicyclic) bond motifs is 2. The van der Waals surface area contributed by atoms with Crippen LogP contribution in [0.4, 0.5) is 10.1 Å². The van der Waals surface area contributed by atoms with E-state index in [1.165, 1.54) is 12.1 Å². The van der Waals surface area contributed by atoms with Gasteiger partial charge in [0.25, 0.3) is 0 Å². The summed E-state index contributed by atoms with van der Waals surface area (Å²) >= 11 is 0. The lowest BCUT2D eigenvalue weighted by Gasteiger charge is -2.24. The fraction of sp³-hybridized carbons (Fsp3) is 0.375. The highest BCUT2D eigenvalue weighted by Crippen LogP contribution is 2.53. The molecule has 0 amide bonds. The van der Waals surface area contributed by atoms with Crippen LogP contribution in [0.15, 0.2) is 24.3 Å². The van der Waals surface area contributed by atoms with E-state index >= 15 is 0 Å². The highest BCUT2D eigenvalue weighted by atomic mass is 19.1. The van der Waals surface area contributed by atoms with Gasteiger partial charge in [0.1, 0.15) is 5.82 Å². The number of nitrogens with zero attached hydrogens (tertiary/aromatic N) is 3. The highest BCUT2D eigenvalue weighted by Gasteiger charge is 2.48. The summed E-state index contributed by atoms with van der Waals surface area (Å²) in [6, 6.07) is 6.37. The predicted octanol–water partition coefficient (Wildman–Crippen LogP) is 4.07. The fourth-order valence-corrected chi connectivity index (χ4v) is 3.31. The Bertz CT molecular complexity index is 735. The summed E-state index contributed by atoms with van der Waals surface area (Å²) in [5, 5.41) is 4.68. The molecule has 1 spiro atoms. The lowest BCUT2D eigenvalue weighted by Crippen LogP contribution is -2.25. The van der Waals surface area contributed by atoms with Crippen LogP contribution in [0.2, 0.25) is 0 Å². The lowest BCUT2D eigenvalue weighted by molar-refractivity contribution is 0.344. The first-order chi connectivity index (χ1) is 9.73. The van der Waals surface area contributed by atoms with E-state index < -0.39 is 0 Å². The molecule has 1 saturated carbocycles. The second kappa shape index (κ2) is 3.92. The fourth-order valence-electron chi connectivity index (χ4n) is 3.31. The summed E-state index contributed by atoms with van der Waals surface area (Å²) in [4.78, 5) is 3.69. The molecule has 2 heterocycles. The number of aromatic nitrogens is 2. The van der Waals surface area contributed by atoms with Crippen LogP contribution >= 0.6 is 0 Å². The van der Waals surface area contributed by atoms with E-state index in [2.05, 4.69) is 14.6 Å². The van der Waals surface area contributed by atoms with Gasteiger partial charge in [0.05, 0.1) is 17.8 Å². The zero-order chi connectivity index (χ0) is 13.7. The van der Waals surface area contributed by atoms with Crippen molar-refractivity contribution >= 4 is 5.69 Å². The summed E-state index contributed by atoms with van der Waals surface area (Å²) in [5.74, 6) is -0.287. The Morgan fingerprint density at radius 1 is 1.30 bits per heavy atom. The first-order valence-electron chi connectivity index (χ1n) is 6.99. The monoisotopic (exact) mass is 267 g/mol. The molecule has 1 fully saturated rings. The molecule has 1 aromatic carbocycles. The predicted molar refractivity (Wildman–Crippen MR) is 74.0 cm³/mol. The maximum Gasteiger partial charge on any atom is 0.235 e. The van der Waals surface area contributed by atoms with Crippen LogP contribution in [0.3, 0.4) is 0 Å². The van der Waals surface area contributed by atoms with Crippen molar-refractivity contribution in [3.8, 4) is 11.3 Å². The maximum absolute atomic E-state index is 13.4. The zero-order valence-corrected chi connectivity index (χ0v) is 11.1. The average molecular weight is 267 g/mol. The molecular formula is C16H14FN3. The van der Waals surface area contributed by atoms with E-state index in [-0.39, 0.29) is 11.4 Å². The standard InChI is InChI=1S/C16H14FN3/c1-18-15-13-6-3-7-16(8-9-16)20(13)19-14(15)11-4-2-5-12(17)10-11/h2,4-5,10H,3,6-9H2. The van der Waals surface area contributed by atoms with E-state index in [0.29, 0.717) is 16.9 Å². The lowest BCUT2D eigenvalue weighted by atomic mass is 10.00. The smallest absolute Gasteiger partial charge is 0.235 e. The van der Waals surface area contributed by atoms with Gasteiger partial charge < -0.3 is 0 Å². The first kappa shape index (κ1) is 11.7. The number of benzene rings is 1. The third kappa shape index (κ3) is 1.53. The van der Waals surface area contributed by atoms with Gasteiger partial charge in [0.2, 0.25) is 5.69 Å². The summed E-state index contributed by atoms with van der Waals surface area (Å²) in [6.45, 7) is 7.47. The van der Waals surface area contributed by atoms with E-state index in [9.17, 15) is 4.39 Å². The summed E-state index contributed by atoms with van der Waals surface area (Å²) < 4.78 is 15.5. The molecule has 0 saturated heterocycles. The molecular weight excluding hydrogens is 253 g/mol. The Morgan fingerprint density at radius 2 is 2.15 bits per heavy atom. The van der Waals surface area contributed by atoms with Crippen molar-refractivity contribution in [2.24, 2.45) is 0 Å². The molecule has 0 bridgehead atoms. The van der Waals surface area contributed by atoms with Crippen LogP contribution < -0.4 is 0 Å². The largest absolute Gasteiger partial charge is 0.274 e. The third-order valence-electron chi connectivity index (χ3n) is 4.50. The molecule has 1 aromatic heterocycles. The Hall–Kier alpha value is -2.15. The highest BCUT2D eigenvalue weighted by molar-refractivity contribution is 5.77. The van der Waals surface area contributed by atoms with Gasteiger partial charge in [-0.1, -0.05) is 12.1 Å². The Balaban J connectivity index is 1.93. The van der Waals surface area contributed by atoms with Crippen LogP contribution in [-0.4, -0.2) is 9.78 Å². The maximum atomic E-state index is 13.4. The van der Waals surface area contributed by atoms with Gasteiger partial charge in [-0.15, -0.1) is 0 Å². The van der Waals surface area contributed by atoms with E-state index in [1.54, 1.807) is 6.07 Å². The van der Waals surface area contributed by atoms with Crippen molar-refractivity contribution < 1.29 is 4.39 Å². The summed E-state index contributed by atoms with van der Waals surface area (Å²) in [5.41, 5.74) is 3.17. The molecule has 3 nitrogen and oxygen atoms in total. The minimum Gasteiger partial charge on any atom is -0.274 e. The quantitative estimate of drug-likeness (QED) is 0.714. The number of hydrogen-bond donors (Lipinski definition) is 0. The van der Waals surface area contributed by atoms with Crippen molar-refractivity contribution in [1.82, 2.24) is 9.78 Å². The first-order valence-corrected chi connectivity index (χ1v) is 6.99. The second-order valence-electron chi connectivity index (χ2n) is 5.76. The molecule has 0 N–H and O–H groups in total. The molecule has 2 aromatic rings. The summed E-state index contributed by atoms with van der Waals surface area (Å²) in [7, 11) is 0. The second-order valence-corrected chi connectivity index (χ2v) is 5.76. The van der Waals surface area contributed by atoms with E-state index in [1.807, 2.05) is 6.07 Å². The molecule has 4 heteroatoms. The van der Waals surface area contributed by atoms with Gasteiger partial charge >= 0.3 is 0 Å². The molecule has 0 radical (unpaired) electrons. The summed E-state index contributed by atoms with van der Waals surface area (Å²) in [6.07, 6.45) is 5.49. The molecule has 100 valence electrons. The van der Waals surface area contributed by atoms with Crippen LogP contribution in [0.1, 0.15) is 31.4 Å². The van der Waals surface area contributed by atoms with E-state index in [0.717, 1.165) is 37.8 Å². The molecule has 1 aliphatic heterocycles. The van der Waals surface area contributed by atoms with Gasteiger partial charge in [0.15, 0.2) is 0 Å². The van der Waals surface area contributed by atoms with Gasteiger partial charge in [-0.25, -0.2) is 9.24 Å². The van der Waals surface area contributed by atoms with Crippen LogP contribution in [0.25, 0.3) is 16.1 Å².